The van der Waals surface area contributed by atoms with Crippen molar-refractivity contribution >= 4 is 12.1 Å². The minimum absolute atomic E-state index is 0.331. The number of hydrogen-bond donors (Lipinski definition) is 1. The molecule has 2 aromatic rings. The third-order valence-corrected chi connectivity index (χ3v) is 3.40. The van der Waals surface area contributed by atoms with E-state index in [-0.39, 0.29) is 0 Å². The Balaban J connectivity index is 2.16. The lowest BCUT2D eigenvalue weighted by atomic mass is 10.1. The van der Waals surface area contributed by atoms with Crippen LogP contribution in [0.25, 0.3) is 0 Å². The zero-order chi connectivity index (χ0) is 18.2. The highest BCUT2D eigenvalue weighted by Crippen LogP contribution is 2.38. The number of benzene rings is 2. The predicted octanol–water partition coefficient (Wildman–Crippen LogP) is 2.48. The highest BCUT2D eigenvalue weighted by atomic mass is 16.5. The summed E-state index contributed by atoms with van der Waals surface area (Å²) in [7, 11) is 6.06. The van der Waals surface area contributed by atoms with E-state index in [9.17, 15) is 4.79 Å². The largest absolute Gasteiger partial charge is 0.497 e. The van der Waals surface area contributed by atoms with E-state index in [0.717, 1.165) is 5.56 Å². The molecule has 0 saturated carbocycles. The van der Waals surface area contributed by atoms with Gasteiger partial charge in [-0.2, -0.15) is 5.10 Å². The number of methoxy groups -OCH3 is 4. The number of carbonyl (C=O) groups excluding carboxylic acids is 1. The monoisotopic (exact) mass is 344 g/mol. The van der Waals surface area contributed by atoms with E-state index in [1.165, 1.54) is 27.5 Å². The van der Waals surface area contributed by atoms with Gasteiger partial charge in [0.2, 0.25) is 5.75 Å². The second-order valence-electron chi connectivity index (χ2n) is 4.89. The van der Waals surface area contributed by atoms with Crippen LogP contribution in [0.15, 0.2) is 41.5 Å². The van der Waals surface area contributed by atoms with Crippen LogP contribution >= 0.6 is 0 Å². The molecule has 7 heteroatoms. The Labute approximate surface area is 146 Å². The maximum Gasteiger partial charge on any atom is 0.271 e. The molecular weight excluding hydrogens is 324 g/mol. The van der Waals surface area contributed by atoms with Gasteiger partial charge in [0.1, 0.15) is 5.75 Å². The van der Waals surface area contributed by atoms with Gasteiger partial charge in [0, 0.05) is 5.56 Å². The van der Waals surface area contributed by atoms with Crippen molar-refractivity contribution in [2.45, 2.75) is 0 Å². The minimum Gasteiger partial charge on any atom is -0.497 e. The van der Waals surface area contributed by atoms with Crippen molar-refractivity contribution in [3.8, 4) is 23.0 Å². The van der Waals surface area contributed by atoms with Crippen LogP contribution in [-0.2, 0) is 0 Å². The molecule has 0 heterocycles. The number of rotatable bonds is 7. The third-order valence-electron chi connectivity index (χ3n) is 3.40. The summed E-state index contributed by atoms with van der Waals surface area (Å²) in [5, 5.41) is 3.95. The fourth-order valence-electron chi connectivity index (χ4n) is 2.16. The molecule has 25 heavy (non-hydrogen) atoms. The quantitative estimate of drug-likeness (QED) is 0.617. The van der Waals surface area contributed by atoms with E-state index < -0.39 is 5.91 Å². The summed E-state index contributed by atoms with van der Waals surface area (Å²) < 4.78 is 20.8. The van der Waals surface area contributed by atoms with Gasteiger partial charge in [-0.25, -0.2) is 5.43 Å². The van der Waals surface area contributed by atoms with Gasteiger partial charge >= 0.3 is 0 Å². The minimum atomic E-state index is -0.404. The van der Waals surface area contributed by atoms with Gasteiger partial charge < -0.3 is 18.9 Å². The first-order valence-electron chi connectivity index (χ1n) is 7.40. The molecule has 0 atom stereocenters. The van der Waals surface area contributed by atoms with Crippen LogP contribution < -0.4 is 24.4 Å². The predicted molar refractivity (Wildman–Crippen MR) is 94.2 cm³/mol. The van der Waals surface area contributed by atoms with Gasteiger partial charge in [-0.1, -0.05) is 12.1 Å². The molecule has 1 N–H and O–H groups in total. The van der Waals surface area contributed by atoms with Gasteiger partial charge in [-0.05, 0) is 29.8 Å². The molecule has 132 valence electrons. The van der Waals surface area contributed by atoms with Crippen LogP contribution in [0.2, 0.25) is 0 Å². The summed E-state index contributed by atoms with van der Waals surface area (Å²) in [6, 6.07) is 10.4. The zero-order valence-corrected chi connectivity index (χ0v) is 14.5. The number of amides is 1. The van der Waals surface area contributed by atoms with E-state index >= 15 is 0 Å². The van der Waals surface area contributed by atoms with Crippen LogP contribution in [-0.4, -0.2) is 40.6 Å². The average Bonchev–Trinajstić information content (AvgIpc) is 2.66. The maximum absolute atomic E-state index is 12.3. The van der Waals surface area contributed by atoms with Gasteiger partial charge in [0.15, 0.2) is 11.5 Å². The summed E-state index contributed by atoms with van der Waals surface area (Å²) in [4.78, 5) is 12.3. The summed E-state index contributed by atoms with van der Waals surface area (Å²) >= 11 is 0. The second-order valence-corrected chi connectivity index (χ2v) is 4.89. The van der Waals surface area contributed by atoms with Crippen molar-refractivity contribution in [1.82, 2.24) is 5.43 Å². The van der Waals surface area contributed by atoms with E-state index in [0.29, 0.717) is 28.6 Å². The van der Waals surface area contributed by atoms with Gasteiger partial charge in [-0.3, -0.25) is 4.79 Å². The molecule has 0 unspecified atom stereocenters. The van der Waals surface area contributed by atoms with Crippen LogP contribution in [0.5, 0.6) is 23.0 Å². The van der Waals surface area contributed by atoms with Crippen LogP contribution in [0.4, 0.5) is 0 Å². The summed E-state index contributed by atoms with van der Waals surface area (Å²) in [5.41, 5.74) is 3.59. The normalized spacial score (nSPS) is 10.4. The number of nitrogens with one attached hydrogen (secondary N) is 1. The van der Waals surface area contributed by atoms with E-state index in [4.69, 9.17) is 18.9 Å². The Bertz CT molecular complexity index is 749. The molecule has 1 amide bonds. The second kappa shape index (κ2) is 8.58. The molecular formula is C18H20N2O5. The Hall–Kier alpha value is -3.22. The summed E-state index contributed by atoms with van der Waals surface area (Å²) in [6.07, 6.45) is 1.53. The molecule has 7 nitrogen and oxygen atoms in total. The van der Waals surface area contributed by atoms with Crippen LogP contribution in [0, 0.1) is 0 Å². The lowest BCUT2D eigenvalue weighted by Crippen LogP contribution is -2.18. The van der Waals surface area contributed by atoms with Gasteiger partial charge in [-0.15, -0.1) is 0 Å². The first-order chi connectivity index (χ1) is 12.1. The molecule has 0 aliphatic heterocycles. The fourth-order valence-corrected chi connectivity index (χ4v) is 2.16. The Kier molecular flexibility index (Phi) is 6.22. The molecule has 2 rings (SSSR count). The smallest absolute Gasteiger partial charge is 0.271 e. The van der Waals surface area contributed by atoms with Crippen molar-refractivity contribution in [3.63, 3.8) is 0 Å². The zero-order valence-electron chi connectivity index (χ0n) is 14.5. The van der Waals surface area contributed by atoms with E-state index in [2.05, 4.69) is 10.5 Å². The SMILES string of the molecule is COc1cccc(C=NNC(=O)c2cc(OC)c(OC)c(OC)c2)c1. The highest BCUT2D eigenvalue weighted by molar-refractivity contribution is 5.96. The van der Waals surface area contributed by atoms with Gasteiger partial charge in [0.25, 0.3) is 5.91 Å². The first kappa shape index (κ1) is 18.1. The molecule has 2 aromatic carbocycles. The number of ether oxygens (including phenoxy) is 4. The lowest BCUT2D eigenvalue weighted by molar-refractivity contribution is 0.0954. The highest BCUT2D eigenvalue weighted by Gasteiger charge is 2.16. The number of hydrazone groups is 1. The van der Waals surface area contributed by atoms with Gasteiger partial charge in [0.05, 0.1) is 34.7 Å². The van der Waals surface area contributed by atoms with Crippen LogP contribution in [0.3, 0.4) is 0 Å². The molecule has 0 aromatic heterocycles. The maximum atomic E-state index is 12.3. The number of hydrogen-bond acceptors (Lipinski definition) is 6. The molecule has 0 aliphatic rings. The number of nitrogens with zero attached hydrogens (tertiary/aromatic N) is 1. The topological polar surface area (TPSA) is 78.4 Å². The molecule has 0 radical (unpaired) electrons. The van der Waals surface area contributed by atoms with Crippen molar-refractivity contribution in [1.29, 1.82) is 0 Å². The Morgan fingerprint density at radius 2 is 1.64 bits per heavy atom. The standard InChI is InChI=1S/C18H20N2O5/c1-22-14-7-5-6-12(8-14)11-19-20-18(21)13-9-15(23-2)17(25-4)16(10-13)24-3/h5-11H,1-4H3,(H,20,21). The molecule has 0 saturated heterocycles. The van der Waals surface area contributed by atoms with Crippen molar-refractivity contribution < 1.29 is 23.7 Å². The van der Waals surface area contributed by atoms with Crippen molar-refractivity contribution in [3.05, 3.63) is 47.5 Å². The van der Waals surface area contributed by atoms with Crippen molar-refractivity contribution in [2.24, 2.45) is 5.10 Å². The van der Waals surface area contributed by atoms with Crippen molar-refractivity contribution in [2.75, 3.05) is 28.4 Å². The van der Waals surface area contributed by atoms with E-state index in [1.54, 1.807) is 25.3 Å². The first-order valence-corrected chi connectivity index (χ1v) is 7.40. The molecule has 0 aliphatic carbocycles. The third kappa shape index (κ3) is 4.41. The fraction of sp³-hybridized carbons (Fsp3) is 0.222. The summed E-state index contributed by atoms with van der Waals surface area (Å²) in [5.74, 6) is 1.51. The Morgan fingerprint density at radius 1 is 0.960 bits per heavy atom. The van der Waals surface area contributed by atoms with E-state index in [1.807, 2.05) is 18.2 Å². The van der Waals surface area contributed by atoms with Crippen LogP contribution in [0.1, 0.15) is 15.9 Å². The molecule has 0 spiro atoms. The molecule has 0 bridgehead atoms. The lowest BCUT2D eigenvalue weighted by Gasteiger charge is -2.13. The average molecular weight is 344 g/mol. The Morgan fingerprint density at radius 3 is 2.20 bits per heavy atom. The molecule has 0 fully saturated rings. The summed E-state index contributed by atoms with van der Waals surface area (Å²) in [6.45, 7) is 0. The number of carbonyl (C=O) groups is 1.